The lowest BCUT2D eigenvalue weighted by atomic mass is 10.3. The molecular formula is C12H15NO4S2. The van der Waals surface area contributed by atoms with Crippen LogP contribution < -0.4 is 4.72 Å². The molecule has 2 aromatic rings. The summed E-state index contributed by atoms with van der Waals surface area (Å²) in [6, 6.07) is 4.54. The van der Waals surface area contributed by atoms with Crippen LogP contribution in [0.2, 0.25) is 0 Å². The van der Waals surface area contributed by atoms with E-state index in [0.717, 1.165) is 16.9 Å². The highest BCUT2D eigenvalue weighted by Crippen LogP contribution is 2.27. The van der Waals surface area contributed by atoms with E-state index in [0.29, 0.717) is 10.6 Å². The molecule has 0 saturated heterocycles. The summed E-state index contributed by atoms with van der Waals surface area (Å²) in [7, 11) is -3.60. The van der Waals surface area contributed by atoms with E-state index in [1.165, 1.54) is 6.26 Å². The van der Waals surface area contributed by atoms with Crippen molar-refractivity contribution in [1.82, 2.24) is 4.72 Å². The molecule has 0 fully saturated rings. The smallest absolute Gasteiger partial charge is 0.250 e. The zero-order valence-corrected chi connectivity index (χ0v) is 12.2. The molecule has 0 saturated carbocycles. The lowest BCUT2D eigenvalue weighted by Crippen LogP contribution is -2.25. The van der Waals surface area contributed by atoms with Gasteiger partial charge in [0.2, 0.25) is 0 Å². The molecule has 7 heteroatoms. The molecular weight excluding hydrogens is 286 g/mol. The molecule has 5 nitrogen and oxygen atoms in total. The van der Waals surface area contributed by atoms with E-state index in [2.05, 4.69) is 4.72 Å². The number of sulfonamides is 1. The van der Waals surface area contributed by atoms with E-state index in [1.54, 1.807) is 32.0 Å². The summed E-state index contributed by atoms with van der Waals surface area (Å²) in [4.78, 5) is 0.658. The number of aliphatic hydroxyl groups excluding tert-OH is 1. The first-order valence-electron chi connectivity index (χ1n) is 5.70. The third-order valence-electron chi connectivity index (χ3n) is 2.71. The number of hydrogen-bond donors (Lipinski definition) is 2. The van der Waals surface area contributed by atoms with Crippen molar-refractivity contribution in [3.63, 3.8) is 0 Å². The molecule has 0 bridgehead atoms. The summed E-state index contributed by atoms with van der Waals surface area (Å²) in [6.45, 7) is 3.33. The van der Waals surface area contributed by atoms with Crippen molar-refractivity contribution in [2.75, 3.05) is 0 Å². The highest BCUT2D eigenvalue weighted by Gasteiger charge is 2.22. The Balaban J connectivity index is 2.22. The zero-order chi connectivity index (χ0) is 14.0. The van der Waals surface area contributed by atoms with Crippen molar-refractivity contribution in [2.45, 2.75) is 30.7 Å². The Morgan fingerprint density at radius 1 is 1.53 bits per heavy atom. The minimum Gasteiger partial charge on any atom is -0.468 e. The van der Waals surface area contributed by atoms with Gasteiger partial charge in [0.15, 0.2) is 0 Å². The minimum atomic E-state index is -3.60. The second-order valence-corrected chi connectivity index (χ2v) is 7.27. The lowest BCUT2D eigenvalue weighted by molar-refractivity contribution is 0.285. The van der Waals surface area contributed by atoms with Gasteiger partial charge in [-0.1, -0.05) is 0 Å². The average molecular weight is 301 g/mol. The predicted molar refractivity (Wildman–Crippen MR) is 72.4 cm³/mol. The number of hydrogen-bond acceptors (Lipinski definition) is 5. The Labute approximate surface area is 115 Å². The molecule has 1 unspecified atom stereocenters. The summed E-state index contributed by atoms with van der Waals surface area (Å²) in [6.07, 6.45) is 1.50. The van der Waals surface area contributed by atoms with Crippen LogP contribution in [0.1, 0.15) is 29.2 Å². The number of rotatable bonds is 5. The van der Waals surface area contributed by atoms with Crippen LogP contribution >= 0.6 is 11.3 Å². The largest absolute Gasteiger partial charge is 0.468 e. The fourth-order valence-corrected chi connectivity index (χ4v) is 4.34. The number of thiophene rings is 1. The average Bonchev–Trinajstić information content (AvgIpc) is 2.96. The van der Waals surface area contributed by atoms with Crippen LogP contribution in [-0.4, -0.2) is 13.5 Å². The van der Waals surface area contributed by atoms with Gasteiger partial charge < -0.3 is 9.52 Å². The molecule has 0 aliphatic heterocycles. The molecule has 0 amide bonds. The number of aliphatic hydroxyl groups is 1. The van der Waals surface area contributed by atoms with Crippen LogP contribution in [0.4, 0.5) is 0 Å². The second-order valence-electron chi connectivity index (χ2n) is 4.19. The van der Waals surface area contributed by atoms with Crippen LogP contribution in [0.15, 0.2) is 33.1 Å². The standard InChI is InChI=1S/C12H15NO4S2/c1-8-6-12(18-11(8)7-14)19(15,16)13-9(2)10-4-3-5-17-10/h3-6,9,13-14H,7H2,1-2H3. The summed E-state index contributed by atoms with van der Waals surface area (Å²) >= 11 is 1.07. The highest BCUT2D eigenvalue weighted by atomic mass is 32.2. The van der Waals surface area contributed by atoms with Crippen LogP contribution in [0.5, 0.6) is 0 Å². The number of nitrogens with one attached hydrogen (secondary N) is 1. The molecule has 2 rings (SSSR count). The molecule has 0 radical (unpaired) electrons. The summed E-state index contributed by atoms with van der Waals surface area (Å²) in [5.74, 6) is 0.555. The zero-order valence-electron chi connectivity index (χ0n) is 10.6. The van der Waals surface area contributed by atoms with E-state index in [4.69, 9.17) is 9.52 Å². The first-order valence-corrected chi connectivity index (χ1v) is 8.00. The van der Waals surface area contributed by atoms with Gasteiger partial charge in [0.25, 0.3) is 10.0 Å². The van der Waals surface area contributed by atoms with Crippen LogP contribution in [0, 0.1) is 6.92 Å². The first-order chi connectivity index (χ1) is 8.94. The molecule has 1 atom stereocenters. The normalized spacial score (nSPS) is 13.6. The van der Waals surface area contributed by atoms with Gasteiger partial charge in [-0.3, -0.25) is 0 Å². The maximum absolute atomic E-state index is 12.2. The summed E-state index contributed by atoms with van der Waals surface area (Å²) in [5, 5.41) is 9.11. The second kappa shape index (κ2) is 5.46. The third kappa shape index (κ3) is 3.06. The van der Waals surface area contributed by atoms with Gasteiger partial charge in [-0.15, -0.1) is 11.3 Å². The van der Waals surface area contributed by atoms with Gasteiger partial charge in [-0.25, -0.2) is 13.1 Å². The molecule has 0 aliphatic rings. The maximum Gasteiger partial charge on any atom is 0.250 e. The van der Waals surface area contributed by atoms with E-state index in [-0.39, 0.29) is 10.8 Å². The Kier molecular flexibility index (Phi) is 4.10. The summed E-state index contributed by atoms with van der Waals surface area (Å²) in [5.41, 5.74) is 0.776. The Hall–Kier alpha value is -1.15. The van der Waals surface area contributed by atoms with E-state index >= 15 is 0 Å². The van der Waals surface area contributed by atoms with Gasteiger partial charge in [0.05, 0.1) is 18.9 Å². The van der Waals surface area contributed by atoms with Crippen LogP contribution in [0.3, 0.4) is 0 Å². The lowest BCUT2D eigenvalue weighted by Gasteiger charge is -2.10. The molecule has 2 heterocycles. The highest BCUT2D eigenvalue weighted by molar-refractivity contribution is 7.91. The minimum absolute atomic E-state index is 0.153. The van der Waals surface area contributed by atoms with Crippen molar-refractivity contribution in [3.05, 3.63) is 40.7 Å². The fraction of sp³-hybridized carbons (Fsp3) is 0.333. The molecule has 0 spiro atoms. The number of aryl methyl sites for hydroxylation is 1. The topological polar surface area (TPSA) is 79.5 Å². The van der Waals surface area contributed by atoms with Gasteiger partial charge >= 0.3 is 0 Å². The monoisotopic (exact) mass is 301 g/mol. The first kappa shape index (κ1) is 14.3. The van der Waals surface area contributed by atoms with E-state index < -0.39 is 16.1 Å². The Morgan fingerprint density at radius 3 is 2.79 bits per heavy atom. The SMILES string of the molecule is Cc1cc(S(=O)(=O)NC(C)c2ccco2)sc1CO. The fourth-order valence-electron chi connectivity index (χ4n) is 1.66. The van der Waals surface area contributed by atoms with Gasteiger partial charge in [0, 0.05) is 4.88 Å². The van der Waals surface area contributed by atoms with Crippen molar-refractivity contribution in [3.8, 4) is 0 Å². The number of furan rings is 1. The van der Waals surface area contributed by atoms with Crippen LogP contribution in [0.25, 0.3) is 0 Å². The molecule has 19 heavy (non-hydrogen) atoms. The van der Waals surface area contributed by atoms with Gasteiger partial charge in [-0.05, 0) is 37.6 Å². The predicted octanol–water partition coefficient (Wildman–Crippen LogP) is 2.18. The molecule has 0 aromatic carbocycles. The van der Waals surface area contributed by atoms with Crippen LogP contribution in [-0.2, 0) is 16.6 Å². The molecule has 0 aliphatic carbocycles. The van der Waals surface area contributed by atoms with Crippen molar-refractivity contribution >= 4 is 21.4 Å². The maximum atomic E-state index is 12.2. The molecule has 104 valence electrons. The molecule has 2 aromatic heterocycles. The van der Waals surface area contributed by atoms with Crippen molar-refractivity contribution < 1.29 is 17.9 Å². The van der Waals surface area contributed by atoms with Gasteiger partial charge in [0.1, 0.15) is 9.97 Å². The van der Waals surface area contributed by atoms with Crippen molar-refractivity contribution in [1.29, 1.82) is 0 Å². The van der Waals surface area contributed by atoms with Crippen molar-refractivity contribution in [2.24, 2.45) is 0 Å². The van der Waals surface area contributed by atoms with E-state index in [9.17, 15) is 8.42 Å². The quantitative estimate of drug-likeness (QED) is 0.887. The van der Waals surface area contributed by atoms with E-state index in [1.807, 2.05) is 0 Å². The van der Waals surface area contributed by atoms with Gasteiger partial charge in [-0.2, -0.15) is 0 Å². The summed E-state index contributed by atoms with van der Waals surface area (Å²) < 4.78 is 32.3. The third-order valence-corrected chi connectivity index (χ3v) is 5.94. The Morgan fingerprint density at radius 2 is 2.26 bits per heavy atom. The Bertz CT molecular complexity index is 643. The molecule has 2 N–H and O–H groups in total.